The number of methoxy groups -OCH3 is 1. The first-order valence-corrected chi connectivity index (χ1v) is 8.51. The molecule has 0 amide bonds. The van der Waals surface area contributed by atoms with Gasteiger partial charge in [0.1, 0.15) is 0 Å². The zero-order chi connectivity index (χ0) is 15.3. The predicted molar refractivity (Wildman–Crippen MR) is 89.7 cm³/mol. The number of aliphatic imine (C=N–C) groups is 1. The van der Waals surface area contributed by atoms with Gasteiger partial charge < -0.3 is 20.7 Å². The van der Waals surface area contributed by atoms with Crippen molar-refractivity contribution in [2.45, 2.75) is 45.4 Å². The summed E-state index contributed by atoms with van der Waals surface area (Å²) in [4.78, 5) is 6.96. The van der Waals surface area contributed by atoms with Crippen molar-refractivity contribution in [2.75, 3.05) is 46.4 Å². The Hall–Kier alpha value is -0.810. The second kappa shape index (κ2) is 11.8. The van der Waals surface area contributed by atoms with Gasteiger partial charge in [0, 0.05) is 26.7 Å². The lowest BCUT2D eigenvalue weighted by Crippen LogP contribution is -2.37. The van der Waals surface area contributed by atoms with Gasteiger partial charge in [-0.15, -0.1) is 0 Å². The van der Waals surface area contributed by atoms with Crippen LogP contribution in [0.15, 0.2) is 4.99 Å². The van der Waals surface area contributed by atoms with Crippen LogP contribution in [0.3, 0.4) is 0 Å². The topological polar surface area (TPSA) is 62.9 Å². The normalized spacial score (nSPS) is 18.1. The fraction of sp³-hybridized carbons (Fsp3) is 0.938. The second-order valence-corrected chi connectivity index (χ2v) is 5.99. The molecule has 5 heteroatoms. The van der Waals surface area contributed by atoms with E-state index in [0.717, 1.165) is 39.3 Å². The van der Waals surface area contributed by atoms with Crippen LogP contribution < -0.4 is 11.1 Å². The van der Waals surface area contributed by atoms with Crippen LogP contribution in [0, 0.1) is 5.92 Å². The van der Waals surface area contributed by atoms with E-state index >= 15 is 0 Å². The predicted octanol–water partition coefficient (Wildman–Crippen LogP) is 1.83. The van der Waals surface area contributed by atoms with E-state index in [2.05, 4.69) is 22.1 Å². The maximum Gasteiger partial charge on any atom is 0.188 e. The summed E-state index contributed by atoms with van der Waals surface area (Å²) in [6.45, 7) is 8.24. The molecule has 0 aromatic carbocycles. The molecule has 0 saturated carbocycles. The second-order valence-electron chi connectivity index (χ2n) is 5.99. The summed E-state index contributed by atoms with van der Waals surface area (Å²) in [5.41, 5.74) is 5.91. The van der Waals surface area contributed by atoms with Gasteiger partial charge in [0.05, 0.1) is 6.61 Å². The highest BCUT2D eigenvalue weighted by molar-refractivity contribution is 5.77. The molecule has 1 saturated heterocycles. The van der Waals surface area contributed by atoms with Crippen LogP contribution in [0.25, 0.3) is 0 Å². The summed E-state index contributed by atoms with van der Waals surface area (Å²) in [6, 6.07) is 0. The number of hydrogen-bond donors (Lipinski definition) is 2. The van der Waals surface area contributed by atoms with E-state index < -0.39 is 0 Å². The Kier molecular flexibility index (Phi) is 10.3. The van der Waals surface area contributed by atoms with Crippen molar-refractivity contribution in [3.05, 3.63) is 0 Å². The minimum atomic E-state index is 0.619. The Morgan fingerprint density at radius 2 is 2.05 bits per heavy atom. The molecule has 1 aliphatic heterocycles. The Labute approximate surface area is 130 Å². The lowest BCUT2D eigenvalue weighted by Gasteiger charge is -2.30. The molecule has 1 fully saturated rings. The van der Waals surface area contributed by atoms with Gasteiger partial charge in [-0.05, 0) is 38.3 Å². The van der Waals surface area contributed by atoms with Crippen LogP contribution in [0.4, 0.5) is 0 Å². The van der Waals surface area contributed by atoms with E-state index in [9.17, 15) is 0 Å². The van der Waals surface area contributed by atoms with Gasteiger partial charge in [-0.3, -0.25) is 4.99 Å². The highest BCUT2D eigenvalue weighted by Gasteiger charge is 2.18. The van der Waals surface area contributed by atoms with Gasteiger partial charge in [-0.25, -0.2) is 0 Å². The van der Waals surface area contributed by atoms with Crippen molar-refractivity contribution in [1.82, 2.24) is 10.2 Å². The fourth-order valence-corrected chi connectivity index (χ4v) is 2.66. The smallest absolute Gasteiger partial charge is 0.188 e. The third-order valence-corrected chi connectivity index (χ3v) is 4.18. The number of unbranched alkanes of at least 4 members (excludes halogenated alkanes) is 3. The number of hydrogen-bond acceptors (Lipinski definition) is 3. The first kappa shape index (κ1) is 18.2. The Bertz CT molecular complexity index is 275. The zero-order valence-electron chi connectivity index (χ0n) is 13.9. The third-order valence-electron chi connectivity index (χ3n) is 4.18. The molecule has 1 heterocycles. The summed E-state index contributed by atoms with van der Waals surface area (Å²) < 4.78 is 5.12. The van der Waals surface area contributed by atoms with Crippen molar-refractivity contribution in [3.63, 3.8) is 0 Å². The number of ether oxygens (including phenoxy) is 1. The van der Waals surface area contributed by atoms with Crippen molar-refractivity contribution in [2.24, 2.45) is 16.6 Å². The highest BCUT2D eigenvalue weighted by Crippen LogP contribution is 2.17. The summed E-state index contributed by atoms with van der Waals surface area (Å²) in [6.07, 6.45) is 7.47. The standard InChI is InChI=1S/C16H34N4O/c1-3-4-5-6-9-18-16(17)19-14-15-7-10-20(11-8-15)12-13-21-2/h15H,3-14H2,1-2H3,(H3,17,18,19). The molecule has 3 N–H and O–H groups in total. The lowest BCUT2D eigenvalue weighted by molar-refractivity contribution is 0.121. The molecule has 0 aromatic heterocycles. The van der Waals surface area contributed by atoms with Gasteiger partial charge in [0.15, 0.2) is 5.96 Å². The SMILES string of the molecule is CCCCCCNC(N)=NCC1CCN(CCOC)CC1. The molecule has 1 aliphatic rings. The summed E-state index contributed by atoms with van der Waals surface area (Å²) in [7, 11) is 1.76. The first-order valence-electron chi connectivity index (χ1n) is 8.51. The number of nitrogens with one attached hydrogen (secondary N) is 1. The number of nitrogens with zero attached hydrogens (tertiary/aromatic N) is 2. The number of nitrogens with two attached hydrogens (primary N) is 1. The first-order chi connectivity index (χ1) is 10.3. The van der Waals surface area contributed by atoms with E-state index in [1.807, 2.05) is 0 Å². The summed E-state index contributed by atoms with van der Waals surface area (Å²) >= 11 is 0. The van der Waals surface area contributed by atoms with Crippen LogP contribution in [0.5, 0.6) is 0 Å². The maximum atomic E-state index is 5.91. The van der Waals surface area contributed by atoms with E-state index in [1.165, 1.54) is 38.5 Å². The molecule has 1 rings (SSSR count). The maximum absolute atomic E-state index is 5.91. The van der Waals surface area contributed by atoms with Crippen molar-refractivity contribution in [3.8, 4) is 0 Å². The molecule has 0 spiro atoms. The number of rotatable bonds is 10. The Morgan fingerprint density at radius 1 is 1.29 bits per heavy atom. The third kappa shape index (κ3) is 8.94. The molecule has 0 aliphatic carbocycles. The van der Waals surface area contributed by atoms with Crippen molar-refractivity contribution >= 4 is 5.96 Å². The average Bonchev–Trinajstić information content (AvgIpc) is 2.51. The van der Waals surface area contributed by atoms with Crippen LogP contribution in [0.2, 0.25) is 0 Å². The largest absolute Gasteiger partial charge is 0.383 e. The molecule has 5 nitrogen and oxygen atoms in total. The molecule has 0 atom stereocenters. The summed E-state index contributed by atoms with van der Waals surface area (Å²) in [5.74, 6) is 1.30. The number of guanidine groups is 1. The van der Waals surface area contributed by atoms with E-state index in [-0.39, 0.29) is 0 Å². The molecule has 0 unspecified atom stereocenters. The fourth-order valence-electron chi connectivity index (χ4n) is 2.66. The molecular weight excluding hydrogens is 264 g/mol. The van der Waals surface area contributed by atoms with Crippen LogP contribution in [-0.2, 0) is 4.74 Å². The highest BCUT2D eigenvalue weighted by atomic mass is 16.5. The van der Waals surface area contributed by atoms with Crippen molar-refractivity contribution in [1.29, 1.82) is 0 Å². The average molecular weight is 298 g/mol. The van der Waals surface area contributed by atoms with Gasteiger partial charge in [0.25, 0.3) is 0 Å². The lowest BCUT2D eigenvalue weighted by atomic mass is 9.97. The Balaban J connectivity index is 2.07. The van der Waals surface area contributed by atoms with Crippen LogP contribution in [-0.4, -0.2) is 57.3 Å². The molecule has 21 heavy (non-hydrogen) atoms. The van der Waals surface area contributed by atoms with Crippen molar-refractivity contribution < 1.29 is 4.74 Å². The molecule has 0 aromatic rings. The summed E-state index contributed by atoms with van der Waals surface area (Å²) in [5, 5.41) is 3.22. The molecular formula is C16H34N4O. The molecule has 0 bridgehead atoms. The van der Waals surface area contributed by atoms with Gasteiger partial charge >= 0.3 is 0 Å². The van der Waals surface area contributed by atoms with Crippen LogP contribution >= 0.6 is 0 Å². The quantitative estimate of drug-likeness (QED) is 0.367. The minimum absolute atomic E-state index is 0.619. The van der Waals surface area contributed by atoms with Gasteiger partial charge in [-0.2, -0.15) is 0 Å². The monoisotopic (exact) mass is 298 g/mol. The molecule has 124 valence electrons. The number of piperidine rings is 1. The zero-order valence-corrected chi connectivity index (χ0v) is 13.9. The molecule has 0 radical (unpaired) electrons. The van der Waals surface area contributed by atoms with Crippen LogP contribution in [0.1, 0.15) is 45.4 Å². The number of likely N-dealkylation sites (tertiary alicyclic amines) is 1. The van der Waals surface area contributed by atoms with E-state index in [0.29, 0.717) is 11.9 Å². The van der Waals surface area contributed by atoms with E-state index in [1.54, 1.807) is 7.11 Å². The minimum Gasteiger partial charge on any atom is -0.383 e. The van der Waals surface area contributed by atoms with E-state index in [4.69, 9.17) is 10.5 Å². The Morgan fingerprint density at radius 3 is 2.71 bits per heavy atom. The van der Waals surface area contributed by atoms with Gasteiger partial charge in [0.2, 0.25) is 0 Å². The van der Waals surface area contributed by atoms with Gasteiger partial charge in [-0.1, -0.05) is 26.2 Å².